The molecule has 2 aromatic carbocycles. The number of nitrogens with zero attached hydrogens (tertiary/aromatic N) is 4. The summed E-state index contributed by atoms with van der Waals surface area (Å²) in [6, 6.07) is 19.7. The first-order chi connectivity index (χ1) is 15.3. The first-order valence-corrected chi connectivity index (χ1v) is 10.7. The molecule has 7 nitrogen and oxygen atoms in total. The van der Waals surface area contributed by atoms with E-state index >= 15 is 0 Å². The van der Waals surface area contributed by atoms with Crippen LogP contribution in [0, 0.1) is 0 Å². The summed E-state index contributed by atoms with van der Waals surface area (Å²) in [6.45, 7) is 4.36. The summed E-state index contributed by atoms with van der Waals surface area (Å²) in [7, 11) is 0. The van der Waals surface area contributed by atoms with Gasteiger partial charge in [0.15, 0.2) is 6.54 Å². The standard InChI is InChI=1S/C24H25N5O2/c30-23(17-27-13-15-28(16-14-27)24-25-11-6-12-26-24)29-20-9-4-5-10-22(20)31-18-21(29)19-7-2-1-3-8-19/h1-12,21H,13-18H2/p+1/t21-/m1/s1. The molecule has 1 saturated heterocycles. The van der Waals surface area contributed by atoms with Gasteiger partial charge in [-0.3, -0.25) is 9.69 Å². The number of amides is 1. The molecular formula is C24H26N5O2+. The van der Waals surface area contributed by atoms with Crippen LogP contribution in [0.3, 0.4) is 0 Å². The quantitative estimate of drug-likeness (QED) is 0.696. The minimum absolute atomic E-state index is 0.123. The molecule has 0 unspecified atom stereocenters. The average Bonchev–Trinajstić information content (AvgIpc) is 2.85. The molecule has 1 N–H and O–H groups in total. The third-order valence-electron chi connectivity index (χ3n) is 5.99. The van der Waals surface area contributed by atoms with E-state index in [4.69, 9.17) is 4.74 Å². The van der Waals surface area contributed by atoms with Crippen LogP contribution >= 0.6 is 0 Å². The maximum atomic E-state index is 13.6. The van der Waals surface area contributed by atoms with E-state index < -0.39 is 0 Å². The van der Waals surface area contributed by atoms with E-state index in [1.165, 1.54) is 4.90 Å². The van der Waals surface area contributed by atoms with Gasteiger partial charge in [-0.15, -0.1) is 0 Å². The van der Waals surface area contributed by atoms with Crippen LogP contribution in [0.1, 0.15) is 11.6 Å². The fraction of sp³-hybridized carbons (Fsp3) is 0.292. The molecule has 0 radical (unpaired) electrons. The number of rotatable bonds is 4. The second-order valence-electron chi connectivity index (χ2n) is 7.93. The van der Waals surface area contributed by atoms with Crippen LogP contribution in [-0.4, -0.2) is 55.2 Å². The van der Waals surface area contributed by atoms with E-state index in [1.807, 2.05) is 53.4 Å². The number of hydrogen-bond acceptors (Lipinski definition) is 5. The van der Waals surface area contributed by atoms with Crippen molar-refractivity contribution in [3.63, 3.8) is 0 Å². The number of ether oxygens (including phenoxy) is 1. The van der Waals surface area contributed by atoms with Gasteiger partial charge in [-0.1, -0.05) is 42.5 Å². The van der Waals surface area contributed by atoms with Crippen LogP contribution in [0.25, 0.3) is 0 Å². The molecule has 1 amide bonds. The van der Waals surface area contributed by atoms with Crippen LogP contribution < -0.4 is 19.4 Å². The SMILES string of the molecule is O=C(C[NH+]1CCN(c2ncccn2)CC1)N1c2ccccc2OC[C@@H]1c1ccccc1. The average molecular weight is 417 g/mol. The number of carbonyl (C=O) groups excluding carboxylic acids is 1. The minimum atomic E-state index is -0.123. The summed E-state index contributed by atoms with van der Waals surface area (Å²) in [6.07, 6.45) is 3.54. The smallest absolute Gasteiger partial charge is 0.282 e. The highest BCUT2D eigenvalue weighted by Gasteiger charge is 2.35. The zero-order valence-electron chi connectivity index (χ0n) is 17.4. The van der Waals surface area contributed by atoms with Gasteiger partial charge >= 0.3 is 0 Å². The Morgan fingerprint density at radius 1 is 0.968 bits per heavy atom. The number of hydrogen-bond donors (Lipinski definition) is 1. The molecule has 0 aliphatic carbocycles. The number of piperazine rings is 1. The topological polar surface area (TPSA) is 63.0 Å². The van der Waals surface area contributed by atoms with Gasteiger partial charge in [-0.25, -0.2) is 9.97 Å². The predicted octanol–water partition coefficient (Wildman–Crippen LogP) is 1.35. The summed E-state index contributed by atoms with van der Waals surface area (Å²) in [5, 5.41) is 0. The molecule has 158 valence electrons. The highest BCUT2D eigenvalue weighted by Crippen LogP contribution is 2.39. The molecule has 1 fully saturated rings. The summed E-state index contributed by atoms with van der Waals surface area (Å²) in [4.78, 5) is 27.7. The molecule has 31 heavy (non-hydrogen) atoms. The van der Waals surface area contributed by atoms with E-state index in [9.17, 15) is 4.79 Å². The fourth-order valence-electron chi connectivity index (χ4n) is 4.37. The zero-order valence-corrected chi connectivity index (χ0v) is 17.4. The van der Waals surface area contributed by atoms with Gasteiger partial charge in [-0.2, -0.15) is 0 Å². The lowest BCUT2D eigenvalue weighted by atomic mass is 10.0. The van der Waals surface area contributed by atoms with Gasteiger partial charge in [0, 0.05) is 12.4 Å². The number of aromatic nitrogens is 2. The van der Waals surface area contributed by atoms with Crippen LogP contribution in [-0.2, 0) is 4.79 Å². The zero-order chi connectivity index (χ0) is 21.0. The maximum absolute atomic E-state index is 13.6. The minimum Gasteiger partial charge on any atom is -0.489 e. The number of nitrogens with one attached hydrogen (secondary N) is 1. The number of fused-ring (bicyclic) bond motifs is 1. The molecule has 1 atom stereocenters. The van der Waals surface area contributed by atoms with Gasteiger partial charge in [-0.05, 0) is 23.8 Å². The molecular weight excluding hydrogens is 390 g/mol. The Balaban J connectivity index is 1.32. The second kappa shape index (κ2) is 8.73. The Morgan fingerprint density at radius 3 is 2.45 bits per heavy atom. The van der Waals surface area contributed by atoms with Crippen LogP contribution in [0.2, 0.25) is 0 Å². The Morgan fingerprint density at radius 2 is 1.68 bits per heavy atom. The number of benzene rings is 2. The Hall–Kier alpha value is -3.45. The number of carbonyl (C=O) groups is 1. The van der Waals surface area contributed by atoms with Crippen LogP contribution in [0.4, 0.5) is 11.6 Å². The normalized spacial score (nSPS) is 18.9. The highest BCUT2D eigenvalue weighted by atomic mass is 16.5. The van der Waals surface area contributed by atoms with Crippen LogP contribution in [0.15, 0.2) is 73.1 Å². The van der Waals surface area contributed by atoms with Crippen molar-refractivity contribution in [3.8, 4) is 5.75 Å². The molecule has 2 aliphatic heterocycles. The van der Waals surface area contributed by atoms with Crippen molar-refractivity contribution in [1.82, 2.24) is 9.97 Å². The first kappa shape index (κ1) is 19.5. The van der Waals surface area contributed by atoms with Gasteiger partial charge in [0.25, 0.3) is 5.91 Å². The van der Waals surface area contributed by atoms with Crippen LogP contribution in [0.5, 0.6) is 5.75 Å². The molecule has 7 heteroatoms. The largest absolute Gasteiger partial charge is 0.489 e. The van der Waals surface area contributed by atoms with Gasteiger partial charge in [0.2, 0.25) is 5.95 Å². The molecule has 2 aliphatic rings. The third-order valence-corrected chi connectivity index (χ3v) is 5.99. The molecule has 0 saturated carbocycles. The van der Waals surface area contributed by atoms with Crippen molar-refractivity contribution in [3.05, 3.63) is 78.6 Å². The second-order valence-corrected chi connectivity index (χ2v) is 7.93. The van der Waals surface area contributed by atoms with E-state index in [1.54, 1.807) is 12.4 Å². The summed E-state index contributed by atoms with van der Waals surface area (Å²) >= 11 is 0. The molecule has 3 aromatic rings. The molecule has 0 spiro atoms. The summed E-state index contributed by atoms with van der Waals surface area (Å²) in [5.74, 6) is 1.66. The van der Waals surface area contributed by atoms with Crippen molar-refractivity contribution in [2.24, 2.45) is 0 Å². The molecule has 0 bridgehead atoms. The van der Waals surface area contributed by atoms with Gasteiger partial charge in [0.05, 0.1) is 37.9 Å². The summed E-state index contributed by atoms with van der Waals surface area (Å²) < 4.78 is 6.00. The summed E-state index contributed by atoms with van der Waals surface area (Å²) in [5.41, 5.74) is 1.94. The lowest BCUT2D eigenvalue weighted by molar-refractivity contribution is -0.892. The van der Waals surface area contributed by atoms with Crippen molar-refractivity contribution >= 4 is 17.5 Å². The number of para-hydroxylation sites is 2. The van der Waals surface area contributed by atoms with Gasteiger partial charge in [0.1, 0.15) is 12.4 Å². The third kappa shape index (κ3) is 4.09. The monoisotopic (exact) mass is 416 g/mol. The Bertz CT molecular complexity index is 1020. The van der Waals surface area contributed by atoms with Crippen molar-refractivity contribution in [2.75, 3.05) is 49.1 Å². The highest BCUT2D eigenvalue weighted by molar-refractivity contribution is 5.96. The van der Waals surface area contributed by atoms with E-state index in [0.29, 0.717) is 13.2 Å². The van der Waals surface area contributed by atoms with Gasteiger partial charge < -0.3 is 14.5 Å². The first-order valence-electron chi connectivity index (χ1n) is 10.7. The van der Waals surface area contributed by atoms with E-state index in [0.717, 1.165) is 49.1 Å². The maximum Gasteiger partial charge on any atom is 0.282 e. The molecule has 5 rings (SSSR count). The Labute approximate surface area is 181 Å². The van der Waals surface area contributed by atoms with Crippen molar-refractivity contribution in [2.45, 2.75) is 6.04 Å². The molecule has 1 aromatic heterocycles. The van der Waals surface area contributed by atoms with Crippen molar-refractivity contribution in [1.29, 1.82) is 0 Å². The fourth-order valence-corrected chi connectivity index (χ4v) is 4.37. The Kier molecular flexibility index (Phi) is 5.50. The molecule has 3 heterocycles. The number of anilines is 2. The van der Waals surface area contributed by atoms with E-state index in [-0.39, 0.29) is 11.9 Å². The predicted molar refractivity (Wildman–Crippen MR) is 118 cm³/mol. The lowest BCUT2D eigenvalue weighted by Gasteiger charge is -2.38. The number of quaternary nitrogens is 1. The van der Waals surface area contributed by atoms with E-state index in [2.05, 4.69) is 27.0 Å². The lowest BCUT2D eigenvalue weighted by Crippen LogP contribution is -3.16. The van der Waals surface area contributed by atoms with Crippen molar-refractivity contribution < 1.29 is 14.4 Å².